The molecule has 1 amide bonds. The van der Waals surface area contributed by atoms with Crippen molar-refractivity contribution in [2.45, 2.75) is 13.3 Å². The van der Waals surface area contributed by atoms with Crippen LogP contribution in [0.25, 0.3) is 0 Å². The molecule has 0 saturated heterocycles. The fourth-order valence-corrected chi connectivity index (χ4v) is 0.852. The fourth-order valence-electron chi connectivity index (χ4n) is 0.818. The molecule has 0 heterocycles. The molecule has 0 aliphatic rings. The van der Waals surface area contributed by atoms with Crippen LogP contribution in [0, 0.1) is 0 Å². The number of nitrogens with one attached hydrogen (secondary N) is 1. The Balaban J connectivity index is 2.44. The molecule has 0 radical (unpaired) electrons. The second-order valence-electron chi connectivity index (χ2n) is 2.69. The summed E-state index contributed by atoms with van der Waals surface area (Å²) in [6.07, 6.45) is -0.131. The molecule has 0 aliphatic heterocycles. The van der Waals surface area contributed by atoms with Crippen LogP contribution in [0.1, 0.15) is 13.3 Å². The van der Waals surface area contributed by atoms with E-state index in [1.165, 1.54) is 0 Å². The van der Waals surface area contributed by atoms with Crippen LogP contribution < -0.4 is 5.32 Å². The molecule has 0 aliphatic carbocycles. The Kier molecular flexibility index (Phi) is 4.63. The molecule has 0 bridgehead atoms. The zero-order valence-electron chi connectivity index (χ0n) is 8.24. The third-order valence-electron chi connectivity index (χ3n) is 1.54. The van der Waals surface area contributed by atoms with Crippen molar-refractivity contribution >= 4 is 28.6 Å². The fraction of sp³-hybridized carbons (Fsp3) is 0.200. The van der Waals surface area contributed by atoms with Crippen LogP contribution in [-0.4, -0.2) is 11.3 Å². The van der Waals surface area contributed by atoms with Crippen molar-refractivity contribution in [1.82, 2.24) is 0 Å². The molecule has 1 aromatic rings. The van der Waals surface area contributed by atoms with Gasteiger partial charge in [0.05, 0.1) is 0 Å². The highest BCUT2D eigenvalue weighted by Crippen LogP contribution is 2.05. The second-order valence-corrected chi connectivity index (χ2v) is 3.13. The van der Waals surface area contributed by atoms with Crippen LogP contribution in [0.3, 0.4) is 0 Å². The smallest absolute Gasteiger partial charge is 0.297 e. The molecule has 0 spiro atoms. The van der Waals surface area contributed by atoms with E-state index in [-0.39, 0.29) is 5.17 Å². The molecule has 0 saturated carbocycles. The summed E-state index contributed by atoms with van der Waals surface area (Å²) in [7, 11) is 0. The number of anilines is 1. The molecule has 0 atom stereocenters. The number of nitrogens with zero attached hydrogens (tertiary/aromatic N) is 1. The van der Waals surface area contributed by atoms with E-state index in [2.05, 4.69) is 15.3 Å². The number of hydrogen-bond acceptors (Lipinski definition) is 3. The van der Waals surface area contributed by atoms with Gasteiger partial charge >= 0.3 is 6.09 Å². The van der Waals surface area contributed by atoms with Gasteiger partial charge in [-0.05, 0) is 12.1 Å². The maximum absolute atomic E-state index is 11.1. The summed E-state index contributed by atoms with van der Waals surface area (Å²) in [6.45, 7) is 1.81. The first-order valence-electron chi connectivity index (χ1n) is 4.47. The van der Waals surface area contributed by atoms with E-state index in [1.54, 1.807) is 24.3 Å². The number of halogens is 1. The van der Waals surface area contributed by atoms with Crippen molar-refractivity contribution in [2.75, 3.05) is 5.32 Å². The molecule has 15 heavy (non-hydrogen) atoms. The summed E-state index contributed by atoms with van der Waals surface area (Å²) in [5.74, 6) is 0. The van der Waals surface area contributed by atoms with E-state index in [4.69, 9.17) is 11.6 Å². The van der Waals surface area contributed by atoms with Crippen LogP contribution in [0.4, 0.5) is 10.5 Å². The average Bonchev–Trinajstić information content (AvgIpc) is 2.27. The van der Waals surface area contributed by atoms with Crippen molar-refractivity contribution in [3.8, 4) is 0 Å². The Bertz CT molecular complexity index is 352. The summed E-state index contributed by atoms with van der Waals surface area (Å²) in [5.41, 5.74) is 0.644. The molecule has 0 fully saturated rings. The molecule has 5 heteroatoms. The number of para-hydroxylation sites is 1. The molecule has 1 aromatic carbocycles. The van der Waals surface area contributed by atoms with Gasteiger partial charge in [-0.3, -0.25) is 10.2 Å². The first-order valence-corrected chi connectivity index (χ1v) is 4.85. The van der Waals surface area contributed by atoms with E-state index in [0.29, 0.717) is 12.1 Å². The molecule has 1 N–H and O–H groups in total. The number of rotatable bonds is 3. The topological polar surface area (TPSA) is 50.7 Å². The van der Waals surface area contributed by atoms with E-state index >= 15 is 0 Å². The number of oxime groups is 1. The minimum absolute atomic E-state index is 0.248. The van der Waals surface area contributed by atoms with Gasteiger partial charge in [-0.25, -0.2) is 4.79 Å². The van der Waals surface area contributed by atoms with E-state index in [9.17, 15) is 4.79 Å². The molecule has 1 rings (SSSR count). The standard InChI is InChI=1S/C10H11ClN2O2/c1-2-9(11)13-15-10(14)12-8-6-4-3-5-7-8/h3-7H,2H2,1H3,(H,12,14)/b13-9+. The molecular weight excluding hydrogens is 216 g/mol. The Morgan fingerprint density at radius 2 is 2.13 bits per heavy atom. The summed E-state index contributed by atoms with van der Waals surface area (Å²) >= 11 is 5.56. The first kappa shape index (κ1) is 11.5. The van der Waals surface area contributed by atoms with E-state index in [0.717, 1.165) is 0 Å². The monoisotopic (exact) mass is 226 g/mol. The highest BCUT2D eigenvalue weighted by atomic mass is 35.5. The Labute approximate surface area is 92.9 Å². The minimum Gasteiger partial charge on any atom is -0.297 e. The minimum atomic E-state index is -0.659. The van der Waals surface area contributed by atoms with Crippen LogP contribution >= 0.6 is 11.6 Å². The maximum Gasteiger partial charge on any atom is 0.437 e. The van der Waals surface area contributed by atoms with Gasteiger partial charge in [0.15, 0.2) is 0 Å². The quantitative estimate of drug-likeness (QED) is 0.489. The lowest BCUT2D eigenvalue weighted by molar-refractivity contribution is 0.166. The number of carbonyl (C=O) groups excluding carboxylic acids is 1. The van der Waals surface area contributed by atoms with Gasteiger partial charge in [-0.2, -0.15) is 0 Å². The second kappa shape index (κ2) is 6.03. The lowest BCUT2D eigenvalue weighted by Crippen LogP contribution is -2.11. The third kappa shape index (κ3) is 4.46. The molecule has 0 unspecified atom stereocenters. The van der Waals surface area contributed by atoms with Crippen molar-refractivity contribution in [2.24, 2.45) is 5.16 Å². The molecule has 80 valence electrons. The van der Waals surface area contributed by atoms with E-state index in [1.807, 2.05) is 13.0 Å². The van der Waals surface area contributed by atoms with Crippen LogP contribution in [0.5, 0.6) is 0 Å². The van der Waals surface area contributed by atoms with Crippen molar-refractivity contribution < 1.29 is 9.63 Å². The zero-order valence-corrected chi connectivity index (χ0v) is 8.99. The largest absolute Gasteiger partial charge is 0.437 e. The summed E-state index contributed by atoms with van der Waals surface area (Å²) < 4.78 is 0. The van der Waals surface area contributed by atoms with Gasteiger partial charge in [-0.15, -0.1) is 0 Å². The summed E-state index contributed by atoms with van der Waals surface area (Å²) in [6, 6.07) is 8.94. The lowest BCUT2D eigenvalue weighted by atomic mass is 10.3. The molecule has 0 aromatic heterocycles. The number of benzene rings is 1. The van der Waals surface area contributed by atoms with E-state index < -0.39 is 6.09 Å². The van der Waals surface area contributed by atoms with Crippen molar-refractivity contribution in [1.29, 1.82) is 0 Å². The third-order valence-corrected chi connectivity index (χ3v) is 1.88. The van der Waals surface area contributed by atoms with Gasteiger partial charge in [0.1, 0.15) is 5.17 Å². The Morgan fingerprint density at radius 3 is 2.73 bits per heavy atom. The number of amides is 1. The highest BCUT2D eigenvalue weighted by molar-refractivity contribution is 6.65. The van der Waals surface area contributed by atoms with Crippen LogP contribution in [0.2, 0.25) is 0 Å². The Morgan fingerprint density at radius 1 is 1.47 bits per heavy atom. The number of hydrogen-bond donors (Lipinski definition) is 1. The molecular formula is C10H11ClN2O2. The van der Waals surface area contributed by atoms with Crippen LogP contribution in [-0.2, 0) is 4.84 Å². The SMILES string of the molecule is CC/C(Cl)=N\OC(=O)Nc1ccccc1. The van der Waals surface area contributed by atoms with Crippen molar-refractivity contribution in [3.63, 3.8) is 0 Å². The number of carbonyl (C=O) groups is 1. The summed E-state index contributed by atoms with van der Waals surface area (Å²) in [4.78, 5) is 15.6. The molecule has 4 nitrogen and oxygen atoms in total. The first-order chi connectivity index (χ1) is 7.22. The van der Waals surface area contributed by atoms with Crippen LogP contribution in [0.15, 0.2) is 35.5 Å². The zero-order chi connectivity index (χ0) is 11.1. The average molecular weight is 227 g/mol. The maximum atomic E-state index is 11.1. The van der Waals surface area contributed by atoms with Gasteiger partial charge < -0.3 is 0 Å². The Hall–Kier alpha value is -1.55. The highest BCUT2D eigenvalue weighted by Gasteiger charge is 2.02. The van der Waals surface area contributed by atoms with Gasteiger partial charge in [0, 0.05) is 12.1 Å². The lowest BCUT2D eigenvalue weighted by Gasteiger charge is -2.01. The van der Waals surface area contributed by atoms with Gasteiger partial charge in [0.2, 0.25) is 0 Å². The normalized spacial score (nSPS) is 10.9. The van der Waals surface area contributed by atoms with Crippen molar-refractivity contribution in [3.05, 3.63) is 30.3 Å². The van der Waals surface area contributed by atoms with Gasteiger partial charge in [-0.1, -0.05) is 41.9 Å². The summed E-state index contributed by atoms with van der Waals surface area (Å²) in [5, 5.41) is 6.15. The predicted octanol–water partition coefficient (Wildman–Crippen LogP) is 3.20. The van der Waals surface area contributed by atoms with Gasteiger partial charge in [0.25, 0.3) is 0 Å². The predicted molar refractivity (Wildman–Crippen MR) is 60.1 cm³/mol.